The van der Waals surface area contributed by atoms with E-state index in [0.29, 0.717) is 5.69 Å². The number of rotatable bonds is 3. The third-order valence-electron chi connectivity index (χ3n) is 4.72. The van der Waals surface area contributed by atoms with Crippen LogP contribution in [0, 0.1) is 6.33 Å². The number of aromatic hydroxyl groups is 1. The highest BCUT2D eigenvalue weighted by Crippen LogP contribution is 2.25. The van der Waals surface area contributed by atoms with E-state index in [1.165, 1.54) is 0 Å². The van der Waals surface area contributed by atoms with Gasteiger partial charge in [0.25, 0.3) is 0 Å². The van der Waals surface area contributed by atoms with Crippen LogP contribution in [0.15, 0.2) is 97.1 Å². The molecule has 0 aliphatic heterocycles. The van der Waals surface area contributed by atoms with Gasteiger partial charge in [0, 0.05) is 16.6 Å². The van der Waals surface area contributed by atoms with Crippen LogP contribution in [-0.4, -0.2) is 14.7 Å². The summed E-state index contributed by atoms with van der Waals surface area (Å²) in [6, 6.07) is 31.3. The summed E-state index contributed by atoms with van der Waals surface area (Å²) in [5, 5.41) is 10.3. The van der Waals surface area contributed by atoms with Crippen molar-refractivity contribution >= 4 is 11.0 Å². The van der Waals surface area contributed by atoms with E-state index in [-0.39, 0.29) is 5.75 Å². The third kappa shape index (κ3) is 2.72. The van der Waals surface area contributed by atoms with Crippen LogP contribution in [0.25, 0.3) is 33.8 Å². The predicted molar refractivity (Wildman–Crippen MR) is 109 cm³/mol. The molecule has 0 fully saturated rings. The minimum Gasteiger partial charge on any atom is -0.512 e. The standard InChI is InChI=1S/C24H17N3O/c28-23-15-7-6-14-22(23)26-17-27(21-13-5-4-12-20(21)26)24-16-8-11-19(25-24)18-9-2-1-3-10-18/h1-16,28H. The van der Waals surface area contributed by atoms with E-state index in [1.54, 1.807) is 6.07 Å². The zero-order chi connectivity index (χ0) is 18.9. The van der Waals surface area contributed by atoms with Crippen molar-refractivity contribution in [3.8, 4) is 28.5 Å². The van der Waals surface area contributed by atoms with Crippen LogP contribution in [0.5, 0.6) is 5.75 Å². The highest BCUT2D eigenvalue weighted by molar-refractivity contribution is 5.75. The average Bonchev–Trinajstić information content (AvgIpc) is 3.14. The Morgan fingerprint density at radius 1 is 0.750 bits per heavy atom. The van der Waals surface area contributed by atoms with Crippen molar-refractivity contribution < 1.29 is 9.67 Å². The van der Waals surface area contributed by atoms with E-state index in [1.807, 2.05) is 100 Å². The number of aromatic nitrogens is 3. The Hall–Kier alpha value is -3.92. The molecule has 2 heterocycles. The third-order valence-corrected chi connectivity index (χ3v) is 4.72. The predicted octanol–water partition coefficient (Wildman–Crippen LogP) is 4.47. The lowest BCUT2D eigenvalue weighted by Crippen LogP contribution is -2.31. The molecule has 0 saturated heterocycles. The van der Waals surface area contributed by atoms with E-state index >= 15 is 0 Å². The normalized spacial score (nSPS) is 11.0. The monoisotopic (exact) mass is 363 g/mol. The lowest BCUT2D eigenvalue weighted by molar-refractivity contribution is -0.576. The Bertz CT molecular complexity index is 1280. The lowest BCUT2D eigenvalue weighted by Gasteiger charge is -2.07. The molecule has 0 atom stereocenters. The molecule has 0 spiro atoms. The fourth-order valence-corrected chi connectivity index (χ4v) is 3.38. The quantitative estimate of drug-likeness (QED) is 0.379. The number of pyridine rings is 1. The highest BCUT2D eigenvalue weighted by Gasteiger charge is 2.13. The number of phenols is 1. The fourth-order valence-electron chi connectivity index (χ4n) is 3.38. The number of phenolic OH excluding ortho intramolecular Hbond substituents is 1. The molecule has 2 aromatic heterocycles. The number of nitrogens with zero attached hydrogens (tertiary/aromatic N) is 3. The van der Waals surface area contributed by atoms with E-state index in [0.717, 1.165) is 28.1 Å². The first kappa shape index (κ1) is 16.3. The number of hydrogen-bond donors (Lipinski definition) is 1. The Morgan fingerprint density at radius 3 is 2.36 bits per heavy atom. The van der Waals surface area contributed by atoms with E-state index in [9.17, 15) is 5.11 Å². The van der Waals surface area contributed by atoms with Crippen LogP contribution in [-0.2, 0) is 0 Å². The second-order valence-electron chi connectivity index (χ2n) is 6.50. The van der Waals surface area contributed by atoms with Crippen molar-refractivity contribution in [3.63, 3.8) is 0 Å². The maximum Gasteiger partial charge on any atom is 0.203 e. The number of fused-ring (bicyclic) bond motifs is 1. The highest BCUT2D eigenvalue weighted by atomic mass is 16.3. The van der Waals surface area contributed by atoms with Gasteiger partial charge in [-0.15, -0.1) is 4.98 Å². The van der Waals surface area contributed by atoms with E-state index in [2.05, 4.69) is 6.33 Å². The first-order chi connectivity index (χ1) is 13.8. The van der Waals surface area contributed by atoms with Crippen LogP contribution in [0.3, 0.4) is 0 Å². The summed E-state index contributed by atoms with van der Waals surface area (Å²) in [6.45, 7) is 0. The molecule has 0 radical (unpaired) electrons. The molecule has 1 N–H and O–H groups in total. The van der Waals surface area contributed by atoms with Gasteiger partial charge in [-0.25, -0.2) is 0 Å². The fraction of sp³-hybridized carbons (Fsp3) is 0. The van der Waals surface area contributed by atoms with Crippen LogP contribution < -0.4 is 4.57 Å². The molecule has 4 heteroatoms. The maximum absolute atomic E-state index is 10.3. The van der Waals surface area contributed by atoms with Gasteiger partial charge in [0.15, 0.2) is 6.33 Å². The van der Waals surface area contributed by atoms with Crippen LogP contribution in [0.4, 0.5) is 0 Å². The molecule has 0 bridgehead atoms. The van der Waals surface area contributed by atoms with Crippen molar-refractivity contribution in [1.29, 1.82) is 0 Å². The summed E-state index contributed by atoms with van der Waals surface area (Å²) < 4.78 is 3.79. The zero-order valence-electron chi connectivity index (χ0n) is 15.0. The van der Waals surface area contributed by atoms with Gasteiger partial charge >= 0.3 is 0 Å². The van der Waals surface area contributed by atoms with Gasteiger partial charge < -0.3 is 9.67 Å². The van der Waals surface area contributed by atoms with Crippen LogP contribution in [0.2, 0.25) is 0 Å². The number of para-hydroxylation sites is 4. The van der Waals surface area contributed by atoms with Crippen LogP contribution in [0.1, 0.15) is 0 Å². The summed E-state index contributed by atoms with van der Waals surface area (Å²) in [5.74, 6) is 0.976. The molecule has 0 unspecified atom stereocenters. The van der Waals surface area contributed by atoms with Crippen LogP contribution >= 0.6 is 0 Å². The van der Waals surface area contributed by atoms with Crippen molar-refractivity contribution in [2.24, 2.45) is 0 Å². The van der Waals surface area contributed by atoms with Crippen molar-refractivity contribution in [2.75, 3.05) is 0 Å². The van der Waals surface area contributed by atoms with Gasteiger partial charge in [-0.1, -0.05) is 78.9 Å². The largest absolute Gasteiger partial charge is 0.512 e. The Labute approximate surface area is 162 Å². The van der Waals surface area contributed by atoms with Gasteiger partial charge in [0.2, 0.25) is 5.82 Å². The number of imidazole rings is 1. The van der Waals surface area contributed by atoms with E-state index < -0.39 is 0 Å². The Balaban J connectivity index is 1.72. The van der Waals surface area contributed by atoms with Crippen molar-refractivity contribution in [2.45, 2.75) is 0 Å². The Kier molecular flexibility index (Phi) is 3.87. The molecule has 0 amide bonds. The summed E-state index contributed by atoms with van der Waals surface area (Å²) in [7, 11) is 0. The minimum atomic E-state index is 0.206. The topological polar surface area (TPSA) is 41.9 Å². The van der Waals surface area contributed by atoms with Gasteiger partial charge in [0.1, 0.15) is 11.4 Å². The van der Waals surface area contributed by atoms with Crippen molar-refractivity contribution in [3.05, 3.63) is 103 Å². The molecule has 5 aromatic rings. The number of hydrogen-bond acceptors (Lipinski definition) is 2. The molecule has 3 aromatic carbocycles. The van der Waals surface area contributed by atoms with Gasteiger partial charge in [0.05, 0.1) is 5.69 Å². The van der Waals surface area contributed by atoms with Gasteiger partial charge in [-0.3, -0.25) is 4.57 Å². The summed E-state index contributed by atoms with van der Waals surface area (Å²) in [5.41, 5.74) is 4.55. The Morgan fingerprint density at radius 2 is 1.50 bits per heavy atom. The zero-order valence-corrected chi connectivity index (χ0v) is 15.0. The SMILES string of the molecule is Oc1ccccc1-n1[c-][n+](-c2cccc(-c3ccccc3)n2)c2ccccc21. The molecule has 0 aliphatic carbocycles. The second kappa shape index (κ2) is 6.67. The summed E-state index contributed by atoms with van der Waals surface area (Å²) in [6.07, 6.45) is 3.35. The molecule has 0 aliphatic rings. The molecule has 134 valence electrons. The molecular weight excluding hydrogens is 346 g/mol. The maximum atomic E-state index is 10.3. The first-order valence-corrected chi connectivity index (χ1v) is 9.07. The average molecular weight is 363 g/mol. The van der Waals surface area contributed by atoms with Gasteiger partial charge in [-0.2, -0.15) is 0 Å². The first-order valence-electron chi connectivity index (χ1n) is 9.07. The summed E-state index contributed by atoms with van der Waals surface area (Å²) in [4.78, 5) is 4.85. The molecule has 28 heavy (non-hydrogen) atoms. The minimum absolute atomic E-state index is 0.206. The summed E-state index contributed by atoms with van der Waals surface area (Å²) >= 11 is 0. The van der Waals surface area contributed by atoms with E-state index in [4.69, 9.17) is 4.98 Å². The smallest absolute Gasteiger partial charge is 0.203 e. The molecule has 5 rings (SSSR count). The molecule has 0 saturated carbocycles. The molecular formula is C24H17N3O. The lowest BCUT2D eigenvalue weighted by atomic mass is 10.1. The number of benzene rings is 3. The molecule has 4 nitrogen and oxygen atoms in total. The van der Waals surface area contributed by atoms with Crippen molar-refractivity contribution in [1.82, 2.24) is 9.55 Å². The van der Waals surface area contributed by atoms with Gasteiger partial charge in [-0.05, 0) is 18.2 Å². The second-order valence-corrected chi connectivity index (χ2v) is 6.50.